The number of halogens is 3. The number of nitrogen functional groups attached to an aromatic ring is 1. The van der Waals surface area contributed by atoms with Crippen LogP contribution in [0.4, 0.5) is 20.2 Å². The van der Waals surface area contributed by atoms with E-state index in [0.29, 0.717) is 10.7 Å². The predicted molar refractivity (Wildman–Crippen MR) is 81.6 cm³/mol. The lowest BCUT2D eigenvalue weighted by Crippen LogP contribution is -2.15. The number of benzene rings is 2. The van der Waals surface area contributed by atoms with Crippen LogP contribution in [0.25, 0.3) is 0 Å². The Morgan fingerprint density at radius 1 is 1.24 bits per heavy atom. The topological polar surface area (TPSA) is 55.1 Å². The summed E-state index contributed by atoms with van der Waals surface area (Å²) in [7, 11) is 0. The van der Waals surface area contributed by atoms with E-state index in [1.165, 1.54) is 11.8 Å². The van der Waals surface area contributed by atoms with Crippen molar-refractivity contribution in [2.24, 2.45) is 0 Å². The average Bonchev–Trinajstić information content (AvgIpc) is 2.44. The highest BCUT2D eigenvalue weighted by Gasteiger charge is 2.09. The van der Waals surface area contributed by atoms with Gasteiger partial charge in [0.2, 0.25) is 5.91 Å². The van der Waals surface area contributed by atoms with Gasteiger partial charge in [0.05, 0.1) is 22.2 Å². The largest absolute Gasteiger partial charge is 0.398 e. The lowest BCUT2D eigenvalue weighted by atomic mass is 10.3. The van der Waals surface area contributed by atoms with Crippen LogP contribution in [-0.2, 0) is 4.79 Å². The van der Waals surface area contributed by atoms with Gasteiger partial charge in [-0.2, -0.15) is 0 Å². The van der Waals surface area contributed by atoms with Crippen molar-refractivity contribution in [3.05, 3.63) is 53.1 Å². The molecule has 0 aliphatic heterocycles. The molecule has 21 heavy (non-hydrogen) atoms. The second kappa shape index (κ2) is 6.78. The number of thioether (sulfide) groups is 1. The zero-order valence-electron chi connectivity index (χ0n) is 10.7. The maximum atomic E-state index is 13.4. The minimum absolute atomic E-state index is 0.0379. The molecular formula is C14H11ClF2N2OS. The van der Waals surface area contributed by atoms with E-state index >= 15 is 0 Å². The second-order valence-electron chi connectivity index (χ2n) is 4.14. The number of nitrogens with one attached hydrogen (secondary N) is 1. The van der Waals surface area contributed by atoms with Crippen molar-refractivity contribution in [3.8, 4) is 0 Å². The average molecular weight is 329 g/mol. The molecule has 0 aliphatic carbocycles. The van der Waals surface area contributed by atoms with E-state index in [2.05, 4.69) is 5.32 Å². The molecule has 0 bridgehead atoms. The van der Waals surface area contributed by atoms with Crippen molar-refractivity contribution in [1.29, 1.82) is 0 Å². The molecular weight excluding hydrogens is 318 g/mol. The third-order valence-electron chi connectivity index (χ3n) is 2.54. The summed E-state index contributed by atoms with van der Waals surface area (Å²) < 4.78 is 26.4. The van der Waals surface area contributed by atoms with Gasteiger partial charge in [-0.05, 0) is 30.3 Å². The fourth-order valence-corrected chi connectivity index (χ4v) is 2.51. The lowest BCUT2D eigenvalue weighted by Gasteiger charge is -2.07. The molecule has 2 rings (SSSR count). The minimum atomic E-state index is -0.690. The Labute approximate surface area is 129 Å². The van der Waals surface area contributed by atoms with E-state index < -0.39 is 17.5 Å². The number of hydrogen-bond donors (Lipinski definition) is 2. The molecule has 0 spiro atoms. The van der Waals surface area contributed by atoms with Crippen LogP contribution in [0.15, 0.2) is 41.3 Å². The first-order valence-corrected chi connectivity index (χ1v) is 7.25. The summed E-state index contributed by atoms with van der Waals surface area (Å²) >= 11 is 7.08. The summed E-state index contributed by atoms with van der Waals surface area (Å²) in [6.07, 6.45) is 0. The molecule has 0 aliphatic rings. The van der Waals surface area contributed by atoms with Gasteiger partial charge in [-0.3, -0.25) is 4.79 Å². The van der Waals surface area contributed by atoms with Crippen LogP contribution >= 0.6 is 23.4 Å². The van der Waals surface area contributed by atoms with E-state index in [-0.39, 0.29) is 11.4 Å². The summed E-state index contributed by atoms with van der Waals surface area (Å²) in [5.74, 6) is -1.72. The molecule has 0 saturated heterocycles. The van der Waals surface area contributed by atoms with Crippen LogP contribution in [-0.4, -0.2) is 11.7 Å². The van der Waals surface area contributed by atoms with E-state index in [9.17, 15) is 13.6 Å². The van der Waals surface area contributed by atoms with Crippen molar-refractivity contribution in [2.75, 3.05) is 16.8 Å². The molecule has 0 aromatic heterocycles. The normalized spacial score (nSPS) is 10.4. The number of anilines is 2. The van der Waals surface area contributed by atoms with Crippen molar-refractivity contribution in [2.45, 2.75) is 4.90 Å². The van der Waals surface area contributed by atoms with Gasteiger partial charge in [0.25, 0.3) is 0 Å². The fourth-order valence-electron chi connectivity index (χ4n) is 1.53. The molecule has 3 N–H and O–H groups in total. The molecule has 3 nitrogen and oxygen atoms in total. The molecule has 1 amide bonds. The molecule has 0 heterocycles. The Bertz CT molecular complexity index is 682. The molecule has 7 heteroatoms. The van der Waals surface area contributed by atoms with E-state index in [1.54, 1.807) is 18.2 Å². The number of amides is 1. The molecule has 0 unspecified atom stereocenters. The van der Waals surface area contributed by atoms with Gasteiger partial charge in [0, 0.05) is 11.0 Å². The summed E-state index contributed by atoms with van der Waals surface area (Å²) in [4.78, 5) is 12.5. The summed E-state index contributed by atoms with van der Waals surface area (Å²) in [6, 6.07) is 7.86. The molecule has 0 saturated carbocycles. The van der Waals surface area contributed by atoms with Gasteiger partial charge >= 0.3 is 0 Å². The standard InChI is InChI=1S/C14H11ClF2N2OS/c15-10-6-9(2-4-12(10)18)21-7-14(20)19-13-5-8(16)1-3-11(13)17/h1-6H,7,18H2,(H,19,20). The van der Waals surface area contributed by atoms with Crippen LogP contribution < -0.4 is 11.1 Å². The zero-order chi connectivity index (χ0) is 15.4. The van der Waals surface area contributed by atoms with Gasteiger partial charge in [-0.15, -0.1) is 11.8 Å². The maximum absolute atomic E-state index is 13.4. The third kappa shape index (κ3) is 4.34. The monoisotopic (exact) mass is 328 g/mol. The molecule has 110 valence electrons. The van der Waals surface area contributed by atoms with Gasteiger partial charge in [0.1, 0.15) is 11.6 Å². The van der Waals surface area contributed by atoms with Crippen LogP contribution in [0.2, 0.25) is 5.02 Å². The quantitative estimate of drug-likeness (QED) is 0.660. The Morgan fingerprint density at radius 2 is 2.00 bits per heavy atom. The van der Waals surface area contributed by atoms with Gasteiger partial charge < -0.3 is 11.1 Å². The number of carbonyl (C=O) groups is 1. The lowest BCUT2D eigenvalue weighted by molar-refractivity contribution is -0.113. The second-order valence-corrected chi connectivity index (χ2v) is 5.60. The molecule has 2 aromatic rings. The summed E-state index contributed by atoms with van der Waals surface area (Å²) in [5.41, 5.74) is 5.85. The Morgan fingerprint density at radius 3 is 2.71 bits per heavy atom. The first-order chi connectivity index (χ1) is 9.95. The van der Waals surface area contributed by atoms with Crippen molar-refractivity contribution >= 4 is 40.6 Å². The number of nitrogens with two attached hydrogens (primary N) is 1. The SMILES string of the molecule is Nc1ccc(SCC(=O)Nc2cc(F)ccc2F)cc1Cl. The first-order valence-electron chi connectivity index (χ1n) is 5.88. The highest BCUT2D eigenvalue weighted by Crippen LogP contribution is 2.26. The molecule has 0 radical (unpaired) electrons. The minimum Gasteiger partial charge on any atom is -0.398 e. The Kier molecular flexibility index (Phi) is 5.03. The van der Waals surface area contributed by atoms with Crippen molar-refractivity contribution in [3.63, 3.8) is 0 Å². The smallest absolute Gasteiger partial charge is 0.234 e. The van der Waals surface area contributed by atoms with E-state index in [1.807, 2.05) is 0 Å². The summed E-state index contributed by atoms with van der Waals surface area (Å²) in [5, 5.41) is 2.71. The number of rotatable bonds is 4. The first kappa shape index (κ1) is 15.6. The Hall–Kier alpha value is -1.79. The zero-order valence-corrected chi connectivity index (χ0v) is 12.3. The fraction of sp³-hybridized carbons (Fsp3) is 0.0714. The highest BCUT2D eigenvalue weighted by atomic mass is 35.5. The van der Waals surface area contributed by atoms with Crippen molar-refractivity contribution in [1.82, 2.24) is 0 Å². The van der Waals surface area contributed by atoms with Crippen LogP contribution in [0.1, 0.15) is 0 Å². The molecule has 2 aromatic carbocycles. The van der Waals surface area contributed by atoms with Gasteiger partial charge in [-0.1, -0.05) is 11.6 Å². The maximum Gasteiger partial charge on any atom is 0.234 e. The predicted octanol–water partition coefficient (Wildman–Crippen LogP) is 3.93. The van der Waals surface area contributed by atoms with E-state index in [0.717, 1.165) is 23.1 Å². The third-order valence-corrected chi connectivity index (χ3v) is 3.87. The molecule has 0 atom stereocenters. The van der Waals surface area contributed by atoms with Crippen molar-refractivity contribution < 1.29 is 13.6 Å². The Balaban J connectivity index is 1.95. The highest BCUT2D eigenvalue weighted by molar-refractivity contribution is 8.00. The molecule has 0 fully saturated rings. The van der Waals surface area contributed by atoms with Crippen LogP contribution in [0, 0.1) is 11.6 Å². The summed E-state index contributed by atoms with van der Waals surface area (Å²) in [6.45, 7) is 0. The van der Waals surface area contributed by atoms with E-state index in [4.69, 9.17) is 17.3 Å². The van der Waals surface area contributed by atoms with Crippen LogP contribution in [0.3, 0.4) is 0 Å². The van der Waals surface area contributed by atoms with Gasteiger partial charge in [-0.25, -0.2) is 8.78 Å². The van der Waals surface area contributed by atoms with Crippen LogP contribution in [0.5, 0.6) is 0 Å². The van der Waals surface area contributed by atoms with Gasteiger partial charge in [0.15, 0.2) is 0 Å². The number of carbonyl (C=O) groups excluding carboxylic acids is 1. The number of hydrogen-bond acceptors (Lipinski definition) is 3.